The molecule has 4 atom stereocenters. The number of nitrogens with zero attached hydrogens (tertiary/aromatic N) is 1. The minimum Gasteiger partial charge on any atom is -0.481 e. The first-order valence-corrected chi connectivity index (χ1v) is 7.26. The van der Waals surface area contributed by atoms with Crippen LogP contribution >= 0.6 is 0 Å². The molecule has 1 aliphatic carbocycles. The maximum Gasteiger partial charge on any atom is 0.307 e. The molecule has 112 valence electrons. The fourth-order valence-corrected chi connectivity index (χ4v) is 3.27. The molecule has 21 heavy (non-hydrogen) atoms. The number of aliphatic carboxylic acids is 1. The molecule has 2 aliphatic rings. The van der Waals surface area contributed by atoms with Crippen LogP contribution in [-0.2, 0) is 9.59 Å². The minimum atomic E-state index is -0.900. The predicted octanol–water partition coefficient (Wildman–Crippen LogP) is 2.46. The number of carbonyl (C=O) groups excluding carboxylic acids is 1. The highest BCUT2D eigenvalue weighted by molar-refractivity contribution is 5.89. The highest BCUT2D eigenvalue weighted by Gasteiger charge is 2.51. The SMILES string of the molecule is CC1CC(c2cccc(F)c2)N(C(=O)C2CC2C(=O)O)C1. The lowest BCUT2D eigenvalue weighted by Gasteiger charge is -2.25. The lowest BCUT2D eigenvalue weighted by molar-refractivity contribution is -0.142. The van der Waals surface area contributed by atoms with E-state index in [1.165, 1.54) is 12.1 Å². The number of carboxylic acids is 1. The molecule has 3 rings (SSSR count). The summed E-state index contributed by atoms with van der Waals surface area (Å²) in [5, 5.41) is 8.97. The van der Waals surface area contributed by atoms with Gasteiger partial charge >= 0.3 is 5.97 Å². The van der Waals surface area contributed by atoms with Gasteiger partial charge in [0.25, 0.3) is 0 Å². The Labute approximate surface area is 122 Å². The molecule has 1 saturated carbocycles. The molecule has 1 amide bonds. The maximum atomic E-state index is 13.4. The highest BCUT2D eigenvalue weighted by atomic mass is 19.1. The van der Waals surface area contributed by atoms with Crippen LogP contribution in [0.15, 0.2) is 24.3 Å². The van der Waals surface area contributed by atoms with Gasteiger partial charge in [-0.2, -0.15) is 0 Å². The average molecular weight is 291 g/mol. The summed E-state index contributed by atoms with van der Waals surface area (Å²) in [7, 11) is 0. The summed E-state index contributed by atoms with van der Waals surface area (Å²) < 4.78 is 13.4. The second-order valence-electron chi connectivity index (χ2n) is 6.19. The number of hydrogen-bond donors (Lipinski definition) is 1. The van der Waals surface area contributed by atoms with Crippen LogP contribution in [-0.4, -0.2) is 28.4 Å². The first kappa shape index (κ1) is 14.0. The standard InChI is InChI=1S/C16H18FNO3/c1-9-5-14(10-3-2-4-11(17)6-10)18(8-9)15(19)12-7-13(12)16(20)21/h2-4,6,9,12-14H,5,7-8H2,1H3,(H,20,21). The number of carboxylic acid groups (broad SMARTS) is 1. The van der Waals surface area contributed by atoms with Crippen LogP contribution in [0.5, 0.6) is 0 Å². The maximum absolute atomic E-state index is 13.4. The number of hydrogen-bond acceptors (Lipinski definition) is 2. The lowest BCUT2D eigenvalue weighted by Crippen LogP contribution is -2.33. The summed E-state index contributed by atoms with van der Waals surface area (Å²) in [6, 6.07) is 6.18. The monoisotopic (exact) mass is 291 g/mol. The summed E-state index contributed by atoms with van der Waals surface area (Å²) in [5.74, 6) is -1.91. The molecule has 4 nitrogen and oxygen atoms in total. The zero-order chi connectivity index (χ0) is 15.1. The molecule has 0 aromatic heterocycles. The summed E-state index contributed by atoms with van der Waals surface area (Å²) in [6.07, 6.45) is 1.22. The van der Waals surface area contributed by atoms with E-state index >= 15 is 0 Å². The van der Waals surface area contributed by atoms with Gasteiger partial charge in [0.1, 0.15) is 5.82 Å². The summed E-state index contributed by atoms with van der Waals surface area (Å²) >= 11 is 0. The van der Waals surface area contributed by atoms with Crippen molar-refractivity contribution in [2.45, 2.75) is 25.8 Å². The van der Waals surface area contributed by atoms with Crippen LogP contribution in [0.25, 0.3) is 0 Å². The molecule has 0 bridgehead atoms. The zero-order valence-electron chi connectivity index (χ0n) is 11.8. The average Bonchev–Trinajstić information content (AvgIpc) is 3.14. The van der Waals surface area contributed by atoms with Gasteiger partial charge in [0.15, 0.2) is 0 Å². The van der Waals surface area contributed by atoms with Crippen molar-refractivity contribution in [1.29, 1.82) is 0 Å². The van der Waals surface area contributed by atoms with Gasteiger partial charge in [-0.05, 0) is 36.5 Å². The number of amides is 1. The third-order valence-electron chi connectivity index (χ3n) is 4.45. The fourth-order valence-electron chi connectivity index (χ4n) is 3.27. The van der Waals surface area contributed by atoms with Gasteiger partial charge in [-0.15, -0.1) is 0 Å². The van der Waals surface area contributed by atoms with E-state index in [2.05, 4.69) is 6.92 Å². The van der Waals surface area contributed by atoms with Crippen LogP contribution in [0, 0.1) is 23.6 Å². The van der Waals surface area contributed by atoms with E-state index in [4.69, 9.17) is 5.11 Å². The van der Waals surface area contributed by atoms with Crippen LogP contribution < -0.4 is 0 Å². The van der Waals surface area contributed by atoms with Crippen molar-refractivity contribution < 1.29 is 19.1 Å². The second kappa shape index (κ2) is 5.13. The topological polar surface area (TPSA) is 57.6 Å². The molecule has 0 spiro atoms. The number of halogens is 1. The molecule has 1 aromatic rings. The van der Waals surface area contributed by atoms with E-state index in [1.807, 2.05) is 6.07 Å². The van der Waals surface area contributed by atoms with E-state index < -0.39 is 17.8 Å². The molecule has 5 heteroatoms. The molecule has 4 unspecified atom stereocenters. The van der Waals surface area contributed by atoms with Crippen molar-refractivity contribution in [3.05, 3.63) is 35.6 Å². The third-order valence-corrected chi connectivity index (χ3v) is 4.45. The summed E-state index contributed by atoms with van der Waals surface area (Å²) in [6.45, 7) is 2.67. The van der Waals surface area contributed by atoms with Crippen molar-refractivity contribution >= 4 is 11.9 Å². The predicted molar refractivity (Wildman–Crippen MR) is 73.9 cm³/mol. The van der Waals surface area contributed by atoms with Gasteiger partial charge in [-0.1, -0.05) is 19.1 Å². The smallest absolute Gasteiger partial charge is 0.307 e. The summed E-state index contributed by atoms with van der Waals surface area (Å²) in [5.41, 5.74) is 0.792. The number of carbonyl (C=O) groups is 2. The van der Waals surface area contributed by atoms with Crippen molar-refractivity contribution in [2.24, 2.45) is 17.8 Å². The van der Waals surface area contributed by atoms with Gasteiger partial charge in [-0.25, -0.2) is 4.39 Å². The Morgan fingerprint density at radius 1 is 1.29 bits per heavy atom. The molecule has 0 radical (unpaired) electrons. The zero-order valence-corrected chi connectivity index (χ0v) is 11.8. The fraction of sp³-hybridized carbons (Fsp3) is 0.500. The van der Waals surface area contributed by atoms with Crippen LogP contribution in [0.1, 0.15) is 31.4 Å². The van der Waals surface area contributed by atoms with Crippen molar-refractivity contribution in [2.75, 3.05) is 6.54 Å². The first-order valence-electron chi connectivity index (χ1n) is 7.26. The van der Waals surface area contributed by atoms with E-state index in [0.717, 1.165) is 12.0 Å². The van der Waals surface area contributed by atoms with Gasteiger partial charge in [0.05, 0.1) is 17.9 Å². The van der Waals surface area contributed by atoms with E-state index in [1.54, 1.807) is 11.0 Å². The molecule has 1 aromatic carbocycles. The Morgan fingerprint density at radius 2 is 2.05 bits per heavy atom. The largest absolute Gasteiger partial charge is 0.481 e. The highest BCUT2D eigenvalue weighted by Crippen LogP contribution is 2.44. The van der Waals surface area contributed by atoms with Crippen molar-refractivity contribution in [1.82, 2.24) is 4.90 Å². The van der Waals surface area contributed by atoms with Crippen LogP contribution in [0.2, 0.25) is 0 Å². The Bertz CT molecular complexity index is 589. The quantitative estimate of drug-likeness (QED) is 0.930. The molecule has 2 fully saturated rings. The molecule has 1 aliphatic heterocycles. The van der Waals surface area contributed by atoms with Crippen molar-refractivity contribution in [3.63, 3.8) is 0 Å². The Balaban J connectivity index is 1.80. The number of benzene rings is 1. The number of rotatable bonds is 3. The first-order chi connectivity index (χ1) is 9.97. The van der Waals surface area contributed by atoms with E-state index in [9.17, 15) is 14.0 Å². The molecule has 1 N–H and O–H groups in total. The normalized spacial score (nSPS) is 31.2. The van der Waals surface area contributed by atoms with Gasteiger partial charge in [0.2, 0.25) is 5.91 Å². The van der Waals surface area contributed by atoms with Crippen LogP contribution in [0.4, 0.5) is 4.39 Å². The minimum absolute atomic E-state index is 0.0963. The Morgan fingerprint density at radius 3 is 2.67 bits per heavy atom. The lowest BCUT2D eigenvalue weighted by atomic mass is 10.0. The van der Waals surface area contributed by atoms with Gasteiger partial charge in [-0.3, -0.25) is 9.59 Å². The van der Waals surface area contributed by atoms with Gasteiger partial charge < -0.3 is 10.0 Å². The molecule has 1 saturated heterocycles. The third kappa shape index (κ3) is 2.64. The Hall–Kier alpha value is -1.91. The summed E-state index contributed by atoms with van der Waals surface area (Å²) in [4.78, 5) is 25.2. The molecular weight excluding hydrogens is 273 g/mol. The second-order valence-corrected chi connectivity index (χ2v) is 6.19. The van der Waals surface area contributed by atoms with Crippen LogP contribution in [0.3, 0.4) is 0 Å². The Kier molecular flexibility index (Phi) is 3.43. The molecule has 1 heterocycles. The molecular formula is C16H18FNO3. The van der Waals surface area contributed by atoms with Gasteiger partial charge in [0, 0.05) is 6.54 Å². The van der Waals surface area contributed by atoms with E-state index in [0.29, 0.717) is 18.9 Å². The number of likely N-dealkylation sites (tertiary alicyclic amines) is 1. The van der Waals surface area contributed by atoms with Crippen molar-refractivity contribution in [3.8, 4) is 0 Å². The van der Waals surface area contributed by atoms with E-state index in [-0.39, 0.29) is 17.8 Å².